The predicted octanol–water partition coefficient (Wildman–Crippen LogP) is 1.79. The quantitative estimate of drug-likeness (QED) is 0.733. The van der Waals surface area contributed by atoms with Crippen molar-refractivity contribution in [3.05, 3.63) is 0 Å². The van der Waals surface area contributed by atoms with E-state index in [0.717, 1.165) is 6.42 Å². The molecule has 0 rings (SSSR count). The topological polar surface area (TPSA) is 52.9 Å². The minimum absolute atomic E-state index is 0.129. The lowest BCUT2D eigenvalue weighted by Gasteiger charge is -2.12. The van der Waals surface area contributed by atoms with Gasteiger partial charge in [0.1, 0.15) is 5.92 Å². The molecule has 0 radical (unpaired) electrons. The lowest BCUT2D eigenvalue weighted by Crippen LogP contribution is -2.34. The predicted molar refractivity (Wildman–Crippen MR) is 60.0 cm³/mol. The Bertz CT molecular complexity index is 213. The van der Waals surface area contributed by atoms with Crippen molar-refractivity contribution >= 4 is 17.7 Å². The lowest BCUT2D eigenvalue weighted by atomic mass is 10.1. The van der Waals surface area contributed by atoms with Crippen molar-refractivity contribution in [3.8, 4) is 6.07 Å². The molecular weight excluding hydrogens is 196 g/mol. The van der Waals surface area contributed by atoms with Crippen molar-refractivity contribution in [1.82, 2.24) is 5.32 Å². The van der Waals surface area contributed by atoms with Gasteiger partial charge in [0.15, 0.2) is 0 Å². The number of nitrogens with zero attached hydrogens (tertiary/aromatic N) is 1. The van der Waals surface area contributed by atoms with Crippen LogP contribution in [0.25, 0.3) is 0 Å². The van der Waals surface area contributed by atoms with Gasteiger partial charge < -0.3 is 5.32 Å². The van der Waals surface area contributed by atoms with Crippen molar-refractivity contribution in [1.29, 1.82) is 5.26 Å². The van der Waals surface area contributed by atoms with Gasteiger partial charge in [0.05, 0.1) is 6.07 Å². The number of nitriles is 1. The summed E-state index contributed by atoms with van der Waals surface area (Å²) in [6, 6.07) is 2.03. The third-order valence-corrected chi connectivity index (χ3v) is 2.99. The number of carbonyl (C=O) groups is 1. The van der Waals surface area contributed by atoms with Crippen LogP contribution in [0, 0.1) is 17.2 Å². The fourth-order valence-electron chi connectivity index (χ4n) is 0.994. The zero-order valence-corrected chi connectivity index (χ0v) is 9.86. The fourth-order valence-corrected chi connectivity index (χ4v) is 1.24. The molecule has 0 heterocycles. The Morgan fingerprint density at radius 3 is 2.71 bits per heavy atom. The van der Waals surface area contributed by atoms with E-state index in [0.29, 0.717) is 18.2 Å². The van der Waals surface area contributed by atoms with Gasteiger partial charge in [0.2, 0.25) is 5.91 Å². The van der Waals surface area contributed by atoms with Crippen molar-refractivity contribution in [3.63, 3.8) is 0 Å². The zero-order valence-electron chi connectivity index (χ0n) is 9.04. The first-order chi connectivity index (χ1) is 6.65. The fraction of sp³-hybridized carbons (Fsp3) is 0.800. The molecule has 2 atom stereocenters. The van der Waals surface area contributed by atoms with E-state index < -0.39 is 5.92 Å². The molecule has 2 unspecified atom stereocenters. The Kier molecular flexibility index (Phi) is 7.31. The first kappa shape index (κ1) is 13.3. The molecule has 0 spiro atoms. The molecule has 0 aromatic rings. The number of rotatable bonds is 6. The van der Waals surface area contributed by atoms with Crippen molar-refractivity contribution in [2.45, 2.75) is 31.9 Å². The van der Waals surface area contributed by atoms with Crippen molar-refractivity contribution in [2.75, 3.05) is 12.8 Å². The number of carbonyl (C=O) groups excluding carboxylic acids is 1. The summed E-state index contributed by atoms with van der Waals surface area (Å²) in [5.74, 6) is -0.607. The standard InChI is InChI=1S/C10H18N2OS/c1-4-5-9(6-11)10(13)12-7-8(2)14-3/h8-9H,4-5,7H2,1-3H3,(H,12,13). The second kappa shape index (κ2) is 7.69. The van der Waals surface area contributed by atoms with Gasteiger partial charge in [-0.05, 0) is 12.7 Å². The van der Waals surface area contributed by atoms with E-state index in [1.54, 1.807) is 11.8 Å². The maximum Gasteiger partial charge on any atom is 0.237 e. The molecule has 4 heteroatoms. The molecule has 0 aromatic carbocycles. The molecule has 0 saturated heterocycles. The Hall–Kier alpha value is -0.690. The molecule has 0 fully saturated rings. The monoisotopic (exact) mass is 214 g/mol. The summed E-state index contributed by atoms with van der Waals surface area (Å²) in [7, 11) is 0. The van der Waals surface area contributed by atoms with E-state index in [-0.39, 0.29) is 5.91 Å². The Morgan fingerprint density at radius 1 is 1.64 bits per heavy atom. The van der Waals surface area contributed by atoms with Gasteiger partial charge in [-0.25, -0.2) is 0 Å². The van der Waals surface area contributed by atoms with Gasteiger partial charge >= 0.3 is 0 Å². The SMILES string of the molecule is CCCC(C#N)C(=O)NCC(C)SC. The Morgan fingerprint density at radius 2 is 2.29 bits per heavy atom. The molecule has 80 valence electrons. The first-order valence-corrected chi connectivity index (χ1v) is 6.14. The molecule has 0 aliphatic carbocycles. The lowest BCUT2D eigenvalue weighted by molar-refractivity contribution is -0.123. The average Bonchev–Trinajstić information content (AvgIpc) is 2.21. The van der Waals surface area contributed by atoms with Crippen LogP contribution in [0.3, 0.4) is 0 Å². The highest BCUT2D eigenvalue weighted by Crippen LogP contribution is 2.06. The number of thioether (sulfide) groups is 1. The molecule has 1 amide bonds. The molecule has 0 aromatic heterocycles. The normalized spacial score (nSPS) is 14.1. The van der Waals surface area contributed by atoms with Crippen LogP contribution < -0.4 is 5.32 Å². The van der Waals surface area contributed by atoms with E-state index >= 15 is 0 Å². The second-order valence-electron chi connectivity index (χ2n) is 3.26. The molecule has 14 heavy (non-hydrogen) atoms. The summed E-state index contributed by atoms with van der Waals surface area (Å²) < 4.78 is 0. The highest BCUT2D eigenvalue weighted by atomic mass is 32.2. The number of hydrogen-bond acceptors (Lipinski definition) is 3. The second-order valence-corrected chi connectivity index (χ2v) is 4.54. The number of hydrogen-bond donors (Lipinski definition) is 1. The van der Waals surface area contributed by atoms with E-state index in [9.17, 15) is 4.79 Å². The van der Waals surface area contributed by atoms with E-state index in [1.165, 1.54) is 0 Å². The van der Waals surface area contributed by atoms with Gasteiger partial charge in [0.25, 0.3) is 0 Å². The summed E-state index contributed by atoms with van der Waals surface area (Å²) in [5, 5.41) is 11.9. The van der Waals surface area contributed by atoms with Crippen LogP contribution in [0.1, 0.15) is 26.7 Å². The Balaban J connectivity index is 3.88. The van der Waals surface area contributed by atoms with Gasteiger partial charge in [-0.1, -0.05) is 20.3 Å². The molecule has 0 saturated carbocycles. The van der Waals surface area contributed by atoms with Crippen LogP contribution in [0.5, 0.6) is 0 Å². The summed E-state index contributed by atoms with van der Waals surface area (Å²) in [6.45, 7) is 4.66. The van der Waals surface area contributed by atoms with E-state index in [4.69, 9.17) is 5.26 Å². The highest BCUT2D eigenvalue weighted by Gasteiger charge is 2.16. The number of nitrogens with one attached hydrogen (secondary N) is 1. The smallest absolute Gasteiger partial charge is 0.237 e. The third kappa shape index (κ3) is 5.13. The van der Waals surface area contributed by atoms with Gasteiger partial charge in [-0.15, -0.1) is 0 Å². The Labute approximate surface area is 90.3 Å². The summed E-state index contributed by atoms with van der Waals surface area (Å²) >= 11 is 1.70. The molecular formula is C10H18N2OS. The molecule has 0 aliphatic rings. The van der Waals surface area contributed by atoms with Crippen LogP contribution in [0.15, 0.2) is 0 Å². The van der Waals surface area contributed by atoms with Gasteiger partial charge in [-0.2, -0.15) is 17.0 Å². The average molecular weight is 214 g/mol. The zero-order chi connectivity index (χ0) is 11.0. The molecule has 1 N–H and O–H groups in total. The van der Waals surface area contributed by atoms with Crippen LogP contribution in [-0.4, -0.2) is 24.0 Å². The molecule has 0 bridgehead atoms. The third-order valence-electron chi connectivity index (χ3n) is 2.02. The largest absolute Gasteiger partial charge is 0.354 e. The van der Waals surface area contributed by atoms with E-state index in [1.807, 2.05) is 26.2 Å². The minimum Gasteiger partial charge on any atom is -0.354 e. The van der Waals surface area contributed by atoms with Crippen molar-refractivity contribution in [2.24, 2.45) is 5.92 Å². The number of amides is 1. The first-order valence-electron chi connectivity index (χ1n) is 4.85. The van der Waals surface area contributed by atoms with Crippen LogP contribution >= 0.6 is 11.8 Å². The van der Waals surface area contributed by atoms with Crippen molar-refractivity contribution < 1.29 is 4.79 Å². The maximum absolute atomic E-state index is 11.4. The summed E-state index contributed by atoms with van der Waals surface area (Å²) in [6.07, 6.45) is 3.52. The summed E-state index contributed by atoms with van der Waals surface area (Å²) in [4.78, 5) is 11.4. The van der Waals surface area contributed by atoms with Gasteiger partial charge in [-0.3, -0.25) is 4.79 Å². The van der Waals surface area contributed by atoms with E-state index in [2.05, 4.69) is 5.32 Å². The minimum atomic E-state index is -0.478. The summed E-state index contributed by atoms with van der Waals surface area (Å²) in [5.41, 5.74) is 0. The van der Waals surface area contributed by atoms with Crippen LogP contribution in [-0.2, 0) is 4.79 Å². The van der Waals surface area contributed by atoms with Crippen LogP contribution in [0.2, 0.25) is 0 Å². The molecule has 3 nitrogen and oxygen atoms in total. The van der Waals surface area contributed by atoms with Gasteiger partial charge in [0, 0.05) is 11.8 Å². The van der Waals surface area contributed by atoms with Crippen LogP contribution in [0.4, 0.5) is 0 Å². The highest BCUT2D eigenvalue weighted by molar-refractivity contribution is 7.99. The maximum atomic E-state index is 11.4. The molecule has 0 aliphatic heterocycles.